The second-order valence-electron chi connectivity index (χ2n) is 7.53. The van der Waals surface area contributed by atoms with Crippen LogP contribution in [0.25, 0.3) is 10.6 Å². The number of carbonyl (C=O) groups is 1. The van der Waals surface area contributed by atoms with E-state index in [-0.39, 0.29) is 10.5 Å². The highest BCUT2D eigenvalue weighted by Crippen LogP contribution is 2.35. The lowest BCUT2D eigenvalue weighted by molar-refractivity contribution is 0.102. The van der Waals surface area contributed by atoms with Crippen LogP contribution in [0.5, 0.6) is 0 Å². The van der Waals surface area contributed by atoms with Crippen molar-refractivity contribution in [2.75, 3.05) is 16.8 Å². The second-order valence-corrected chi connectivity index (χ2v) is 11.2. The Bertz CT molecular complexity index is 1310. The van der Waals surface area contributed by atoms with Gasteiger partial charge in [-0.15, -0.1) is 27.1 Å². The van der Waals surface area contributed by atoms with E-state index in [1.807, 2.05) is 29.3 Å². The zero-order chi connectivity index (χ0) is 21.6. The Kier molecular flexibility index (Phi) is 5.15. The van der Waals surface area contributed by atoms with Gasteiger partial charge >= 0.3 is 0 Å². The number of carbonyl (C=O) groups excluding carboxylic acids is 1. The van der Waals surface area contributed by atoms with Gasteiger partial charge in [-0.05, 0) is 50.1 Å². The van der Waals surface area contributed by atoms with E-state index < -0.39 is 15.9 Å². The van der Waals surface area contributed by atoms with E-state index in [0.29, 0.717) is 23.1 Å². The van der Waals surface area contributed by atoms with E-state index in [1.165, 1.54) is 22.3 Å². The van der Waals surface area contributed by atoms with Crippen molar-refractivity contribution >= 4 is 55.3 Å². The summed E-state index contributed by atoms with van der Waals surface area (Å²) in [5, 5.41) is 5.15. The van der Waals surface area contributed by atoms with Gasteiger partial charge < -0.3 is 4.90 Å². The van der Waals surface area contributed by atoms with Gasteiger partial charge in [-0.2, -0.15) is 8.42 Å². The molecule has 0 spiro atoms. The van der Waals surface area contributed by atoms with E-state index in [4.69, 9.17) is 0 Å². The van der Waals surface area contributed by atoms with Gasteiger partial charge in [0.25, 0.3) is 15.9 Å². The summed E-state index contributed by atoms with van der Waals surface area (Å²) in [6.45, 7) is 2.77. The lowest BCUT2D eigenvalue weighted by atomic mass is 10.1. The quantitative estimate of drug-likeness (QED) is 0.585. The predicted octanol–water partition coefficient (Wildman–Crippen LogP) is 4.91. The fraction of sp³-hybridized carbons (Fsp3) is 0.286. The number of hydrogen-bond acceptors (Lipinski definition) is 7. The molecule has 4 heterocycles. The summed E-state index contributed by atoms with van der Waals surface area (Å²) in [6, 6.07) is 8.83. The van der Waals surface area contributed by atoms with Crippen molar-refractivity contribution in [1.29, 1.82) is 0 Å². The predicted molar refractivity (Wildman–Crippen MR) is 125 cm³/mol. The molecule has 1 aromatic carbocycles. The SMILES string of the molecule is Cc1ccc(-c2csc(NC(=O)c3ccc4c(c3)S(=O)(=O)N=C3CCCCCN34)n2)s1. The average Bonchev–Trinajstić information content (AvgIpc) is 3.31. The molecule has 5 rings (SSSR count). The number of thiophene rings is 1. The molecule has 1 saturated heterocycles. The fourth-order valence-corrected chi connectivity index (χ4v) is 6.70. The molecule has 0 bridgehead atoms. The summed E-state index contributed by atoms with van der Waals surface area (Å²) in [5.74, 6) is 0.202. The zero-order valence-corrected chi connectivity index (χ0v) is 19.2. The highest BCUT2D eigenvalue weighted by molar-refractivity contribution is 7.90. The molecule has 1 amide bonds. The highest BCUT2D eigenvalue weighted by atomic mass is 32.2. The van der Waals surface area contributed by atoms with Crippen LogP contribution in [-0.2, 0) is 10.0 Å². The van der Waals surface area contributed by atoms with Crippen LogP contribution in [0.2, 0.25) is 0 Å². The van der Waals surface area contributed by atoms with Crippen LogP contribution in [0.1, 0.15) is 40.9 Å². The molecule has 1 fully saturated rings. The minimum Gasteiger partial charge on any atom is -0.328 e. The maximum absolute atomic E-state index is 12.8. The van der Waals surface area contributed by atoms with Crippen LogP contribution in [-0.4, -0.2) is 31.7 Å². The summed E-state index contributed by atoms with van der Waals surface area (Å²) < 4.78 is 29.6. The molecule has 0 atom stereocenters. The molecular formula is C21H20N4O3S3. The first-order valence-electron chi connectivity index (χ1n) is 10.00. The Morgan fingerprint density at radius 2 is 2.03 bits per heavy atom. The molecule has 2 aromatic heterocycles. The number of aryl methyl sites for hydroxylation is 1. The summed E-state index contributed by atoms with van der Waals surface area (Å²) in [6.07, 6.45) is 3.61. The summed E-state index contributed by atoms with van der Waals surface area (Å²) >= 11 is 2.98. The molecule has 2 aliphatic rings. The third kappa shape index (κ3) is 3.90. The van der Waals surface area contributed by atoms with Crippen molar-refractivity contribution in [3.63, 3.8) is 0 Å². The Morgan fingerprint density at radius 3 is 2.84 bits per heavy atom. The fourth-order valence-electron chi connectivity index (χ4n) is 3.81. The Labute approximate surface area is 188 Å². The number of anilines is 2. The van der Waals surface area contributed by atoms with E-state index in [1.54, 1.807) is 23.5 Å². The number of hydrogen-bond donors (Lipinski definition) is 1. The van der Waals surface area contributed by atoms with Crippen molar-refractivity contribution < 1.29 is 13.2 Å². The zero-order valence-electron chi connectivity index (χ0n) is 16.8. The van der Waals surface area contributed by atoms with Crippen molar-refractivity contribution in [2.24, 2.45) is 4.40 Å². The van der Waals surface area contributed by atoms with Crippen LogP contribution in [0.4, 0.5) is 10.8 Å². The van der Waals surface area contributed by atoms with E-state index in [0.717, 1.165) is 36.4 Å². The van der Waals surface area contributed by atoms with Gasteiger partial charge in [0.1, 0.15) is 10.7 Å². The maximum atomic E-state index is 12.8. The van der Waals surface area contributed by atoms with Gasteiger partial charge in [-0.25, -0.2) is 4.98 Å². The molecule has 1 N–H and O–H groups in total. The normalized spacial score (nSPS) is 17.3. The number of amidine groups is 1. The van der Waals surface area contributed by atoms with Crippen LogP contribution in [0, 0.1) is 6.92 Å². The van der Waals surface area contributed by atoms with Gasteiger partial charge in [-0.3, -0.25) is 10.1 Å². The van der Waals surface area contributed by atoms with E-state index in [2.05, 4.69) is 14.7 Å². The van der Waals surface area contributed by atoms with Crippen LogP contribution in [0.3, 0.4) is 0 Å². The number of nitrogens with zero attached hydrogens (tertiary/aromatic N) is 3. The molecule has 2 aliphatic heterocycles. The molecule has 7 nitrogen and oxygen atoms in total. The van der Waals surface area contributed by atoms with E-state index >= 15 is 0 Å². The minimum atomic E-state index is -3.83. The van der Waals surface area contributed by atoms with Crippen LogP contribution < -0.4 is 10.2 Å². The molecular weight excluding hydrogens is 452 g/mol. The number of fused-ring (bicyclic) bond motifs is 3. The Balaban J connectivity index is 1.41. The van der Waals surface area contributed by atoms with Crippen molar-refractivity contribution in [3.8, 4) is 10.6 Å². The first-order valence-corrected chi connectivity index (χ1v) is 13.1. The Hall–Kier alpha value is -2.56. The molecule has 0 aliphatic carbocycles. The van der Waals surface area contributed by atoms with E-state index in [9.17, 15) is 13.2 Å². The molecule has 0 radical (unpaired) electrons. The second kappa shape index (κ2) is 7.85. The number of nitrogens with one attached hydrogen (secondary N) is 1. The molecule has 0 saturated carbocycles. The van der Waals surface area contributed by atoms with Gasteiger partial charge in [0, 0.05) is 28.8 Å². The third-order valence-electron chi connectivity index (χ3n) is 5.33. The smallest absolute Gasteiger partial charge is 0.286 e. The first kappa shape index (κ1) is 20.3. The molecule has 31 heavy (non-hydrogen) atoms. The van der Waals surface area contributed by atoms with Crippen molar-refractivity contribution in [3.05, 3.63) is 46.2 Å². The summed E-state index contributed by atoms with van der Waals surface area (Å²) in [5.41, 5.74) is 1.68. The number of thiazole rings is 1. The lowest BCUT2D eigenvalue weighted by Crippen LogP contribution is -2.35. The number of benzene rings is 1. The topological polar surface area (TPSA) is 91.7 Å². The van der Waals surface area contributed by atoms with Crippen molar-refractivity contribution in [1.82, 2.24) is 4.98 Å². The third-order valence-corrected chi connectivity index (χ3v) is 8.44. The molecule has 3 aromatic rings. The number of amides is 1. The number of rotatable bonds is 3. The first-order chi connectivity index (χ1) is 14.9. The summed E-state index contributed by atoms with van der Waals surface area (Å²) in [7, 11) is -3.83. The molecule has 160 valence electrons. The summed E-state index contributed by atoms with van der Waals surface area (Å²) in [4.78, 5) is 21.6. The Morgan fingerprint density at radius 1 is 1.16 bits per heavy atom. The van der Waals surface area contributed by atoms with Gasteiger partial charge in [0.05, 0.1) is 16.3 Å². The maximum Gasteiger partial charge on any atom is 0.286 e. The highest BCUT2D eigenvalue weighted by Gasteiger charge is 2.32. The number of aromatic nitrogens is 1. The number of sulfonamides is 1. The monoisotopic (exact) mass is 472 g/mol. The van der Waals surface area contributed by atoms with Gasteiger partial charge in [-0.1, -0.05) is 6.42 Å². The van der Waals surface area contributed by atoms with Crippen LogP contribution >= 0.6 is 22.7 Å². The molecule has 0 unspecified atom stereocenters. The largest absolute Gasteiger partial charge is 0.328 e. The van der Waals surface area contributed by atoms with Gasteiger partial charge in [0.2, 0.25) is 0 Å². The molecule has 10 heteroatoms. The van der Waals surface area contributed by atoms with Gasteiger partial charge in [0.15, 0.2) is 5.13 Å². The standard InChI is InChI=1S/C21H20N4O3S3/c1-13-6-9-17(30-13)15-12-29-21(22-15)23-20(26)14-7-8-16-18(11-14)31(27,28)24-19-5-3-2-4-10-25(16)19/h6-9,11-12H,2-5,10H2,1H3,(H,22,23,26). The minimum absolute atomic E-state index is 0.0830. The average molecular weight is 473 g/mol. The lowest BCUT2D eigenvalue weighted by Gasteiger charge is -2.29. The van der Waals surface area contributed by atoms with Crippen LogP contribution in [0.15, 0.2) is 45.0 Å². The van der Waals surface area contributed by atoms with Crippen molar-refractivity contribution in [2.45, 2.75) is 37.5 Å².